The highest BCUT2D eigenvalue weighted by molar-refractivity contribution is 6.30. The van der Waals surface area contributed by atoms with E-state index in [0.29, 0.717) is 6.54 Å². The summed E-state index contributed by atoms with van der Waals surface area (Å²) in [4.78, 5) is 13.7. The first-order chi connectivity index (χ1) is 12.1. The number of rotatable bonds is 6. The normalized spacial score (nSPS) is 21.0. The van der Waals surface area contributed by atoms with Crippen molar-refractivity contribution < 1.29 is 4.79 Å². The number of piperidine rings is 1. The zero-order valence-corrected chi connectivity index (χ0v) is 15.0. The average molecular weight is 358 g/mol. The second-order valence-electron chi connectivity index (χ2n) is 6.60. The summed E-state index contributed by atoms with van der Waals surface area (Å²) < 4.78 is 0. The van der Waals surface area contributed by atoms with Crippen LogP contribution in [0.5, 0.6) is 0 Å². The van der Waals surface area contributed by atoms with Crippen LogP contribution in [0, 0.1) is 0 Å². The maximum absolute atomic E-state index is 11.5. The molecular formula is C20H24ClN3O. The number of hydrogen-bond donors (Lipinski definition) is 2. The predicted molar refractivity (Wildman–Crippen MR) is 103 cm³/mol. The third kappa shape index (κ3) is 4.97. The quantitative estimate of drug-likeness (QED) is 0.833. The van der Waals surface area contributed by atoms with Gasteiger partial charge in [0, 0.05) is 22.8 Å². The first kappa shape index (κ1) is 17.8. The van der Waals surface area contributed by atoms with Gasteiger partial charge in [0.25, 0.3) is 0 Å². The van der Waals surface area contributed by atoms with Crippen LogP contribution in [0.4, 0.5) is 5.69 Å². The molecule has 2 atom stereocenters. The maximum Gasteiger partial charge on any atom is 0.231 e. The highest BCUT2D eigenvalue weighted by Gasteiger charge is 2.32. The van der Waals surface area contributed by atoms with Crippen LogP contribution in [0.25, 0.3) is 0 Å². The van der Waals surface area contributed by atoms with Crippen LogP contribution < -0.4 is 11.1 Å². The fourth-order valence-corrected chi connectivity index (χ4v) is 3.80. The lowest BCUT2D eigenvalue weighted by molar-refractivity contribution is -0.120. The smallest absolute Gasteiger partial charge is 0.231 e. The van der Waals surface area contributed by atoms with Gasteiger partial charge in [0.2, 0.25) is 5.91 Å². The third-order valence-electron chi connectivity index (χ3n) is 4.72. The van der Waals surface area contributed by atoms with Crippen LogP contribution in [0.2, 0.25) is 5.02 Å². The lowest BCUT2D eigenvalue weighted by atomic mass is 9.90. The molecule has 0 aliphatic carbocycles. The van der Waals surface area contributed by atoms with Gasteiger partial charge in [0.1, 0.15) is 0 Å². The van der Waals surface area contributed by atoms with Gasteiger partial charge >= 0.3 is 0 Å². The number of primary amides is 1. The minimum absolute atomic E-state index is 0.211. The van der Waals surface area contributed by atoms with E-state index >= 15 is 0 Å². The van der Waals surface area contributed by atoms with Crippen LogP contribution in [-0.2, 0) is 11.2 Å². The Bertz CT molecular complexity index is 707. The van der Waals surface area contributed by atoms with E-state index in [1.165, 1.54) is 5.56 Å². The molecule has 1 amide bonds. The van der Waals surface area contributed by atoms with Gasteiger partial charge in [-0.25, -0.2) is 0 Å². The van der Waals surface area contributed by atoms with Crippen LogP contribution in [0.15, 0.2) is 54.6 Å². The third-order valence-corrected chi connectivity index (χ3v) is 4.95. The van der Waals surface area contributed by atoms with Crippen molar-refractivity contribution in [3.05, 3.63) is 65.2 Å². The number of nitrogens with zero attached hydrogens (tertiary/aromatic N) is 1. The van der Waals surface area contributed by atoms with E-state index in [0.717, 1.165) is 36.5 Å². The lowest BCUT2D eigenvalue weighted by Crippen LogP contribution is -2.54. The molecule has 3 rings (SSSR count). The number of nitrogens with one attached hydrogen (secondary N) is 1. The van der Waals surface area contributed by atoms with Gasteiger partial charge < -0.3 is 11.1 Å². The summed E-state index contributed by atoms with van der Waals surface area (Å²) in [7, 11) is 0. The molecule has 1 heterocycles. The van der Waals surface area contributed by atoms with E-state index in [4.69, 9.17) is 17.3 Å². The topological polar surface area (TPSA) is 58.4 Å². The molecular weight excluding hydrogens is 334 g/mol. The van der Waals surface area contributed by atoms with Gasteiger partial charge in [-0.2, -0.15) is 0 Å². The number of amides is 1. The Morgan fingerprint density at radius 1 is 1.20 bits per heavy atom. The van der Waals surface area contributed by atoms with Gasteiger partial charge in [0.15, 0.2) is 0 Å². The Labute approximate surface area is 154 Å². The minimum atomic E-state index is -0.276. The largest absolute Gasteiger partial charge is 0.381 e. The SMILES string of the molecule is NC(=O)CN1CCC[C@H](Nc2cccc(Cl)c2)[C@@H]1Cc1ccccc1. The number of carbonyl (C=O) groups is 1. The molecule has 0 aromatic heterocycles. The second kappa shape index (κ2) is 8.37. The zero-order chi connectivity index (χ0) is 17.6. The molecule has 5 heteroatoms. The molecule has 132 valence electrons. The molecule has 3 N–H and O–H groups in total. The molecule has 2 aromatic rings. The van der Waals surface area contributed by atoms with E-state index in [1.807, 2.05) is 30.3 Å². The molecule has 0 spiro atoms. The number of anilines is 1. The highest BCUT2D eigenvalue weighted by atomic mass is 35.5. The number of carbonyl (C=O) groups excluding carboxylic acids is 1. The van der Waals surface area contributed by atoms with Crippen molar-refractivity contribution >= 4 is 23.2 Å². The number of benzene rings is 2. The number of hydrogen-bond acceptors (Lipinski definition) is 3. The monoisotopic (exact) mass is 357 g/mol. The van der Waals surface area contributed by atoms with E-state index in [9.17, 15) is 4.79 Å². The summed E-state index contributed by atoms with van der Waals surface area (Å²) in [5.41, 5.74) is 7.75. The fourth-order valence-electron chi connectivity index (χ4n) is 3.61. The van der Waals surface area contributed by atoms with Crippen molar-refractivity contribution in [2.75, 3.05) is 18.4 Å². The molecule has 4 nitrogen and oxygen atoms in total. The summed E-state index contributed by atoms with van der Waals surface area (Å²) in [6, 6.07) is 18.6. The zero-order valence-electron chi connectivity index (χ0n) is 14.2. The number of likely N-dealkylation sites (tertiary alicyclic amines) is 1. The first-order valence-electron chi connectivity index (χ1n) is 8.70. The van der Waals surface area contributed by atoms with E-state index in [1.54, 1.807) is 0 Å². The Morgan fingerprint density at radius 2 is 2.00 bits per heavy atom. The summed E-state index contributed by atoms with van der Waals surface area (Å²) in [5.74, 6) is -0.276. The molecule has 0 saturated carbocycles. The van der Waals surface area contributed by atoms with Gasteiger partial charge in [-0.15, -0.1) is 0 Å². The van der Waals surface area contributed by atoms with Crippen LogP contribution in [0.3, 0.4) is 0 Å². The molecule has 1 aliphatic rings. The first-order valence-corrected chi connectivity index (χ1v) is 9.08. The van der Waals surface area contributed by atoms with Crippen LogP contribution in [-0.4, -0.2) is 36.0 Å². The maximum atomic E-state index is 11.5. The fraction of sp³-hybridized carbons (Fsp3) is 0.350. The standard InChI is InChI=1S/C20H24ClN3O/c21-16-8-4-9-17(13-16)23-18-10-5-11-24(14-20(22)25)19(18)12-15-6-2-1-3-7-15/h1-4,6-9,13,18-19,23H,5,10-12,14H2,(H2,22,25)/t18-,19-/m0/s1. The molecule has 0 radical (unpaired) electrons. The summed E-state index contributed by atoms with van der Waals surface area (Å²) in [5, 5.41) is 4.33. The minimum Gasteiger partial charge on any atom is -0.381 e. The van der Waals surface area contributed by atoms with Gasteiger partial charge in [-0.05, 0) is 49.6 Å². The molecule has 1 saturated heterocycles. The molecule has 1 aliphatic heterocycles. The second-order valence-corrected chi connectivity index (χ2v) is 7.03. The molecule has 1 fully saturated rings. The Morgan fingerprint density at radius 3 is 2.72 bits per heavy atom. The summed E-state index contributed by atoms with van der Waals surface area (Å²) >= 11 is 6.11. The van der Waals surface area contributed by atoms with E-state index < -0.39 is 0 Å². The molecule has 2 aromatic carbocycles. The van der Waals surface area contributed by atoms with Crippen molar-refractivity contribution in [2.24, 2.45) is 5.73 Å². The number of halogens is 1. The Balaban J connectivity index is 1.81. The van der Waals surface area contributed by atoms with Crippen LogP contribution in [0.1, 0.15) is 18.4 Å². The van der Waals surface area contributed by atoms with Gasteiger partial charge in [-0.3, -0.25) is 9.69 Å². The predicted octanol–water partition coefficient (Wildman–Crippen LogP) is 3.31. The van der Waals surface area contributed by atoms with Crippen molar-refractivity contribution in [2.45, 2.75) is 31.3 Å². The van der Waals surface area contributed by atoms with Gasteiger partial charge in [0.05, 0.1) is 6.54 Å². The van der Waals surface area contributed by atoms with Crippen molar-refractivity contribution in [1.82, 2.24) is 4.90 Å². The molecule has 0 bridgehead atoms. The number of nitrogens with two attached hydrogens (primary N) is 1. The molecule has 0 unspecified atom stereocenters. The van der Waals surface area contributed by atoms with E-state index in [-0.39, 0.29) is 18.0 Å². The summed E-state index contributed by atoms with van der Waals surface area (Å²) in [6.07, 6.45) is 2.97. The van der Waals surface area contributed by atoms with Crippen molar-refractivity contribution in [3.8, 4) is 0 Å². The van der Waals surface area contributed by atoms with E-state index in [2.05, 4.69) is 34.5 Å². The average Bonchev–Trinajstić information content (AvgIpc) is 2.58. The van der Waals surface area contributed by atoms with Crippen molar-refractivity contribution in [1.29, 1.82) is 0 Å². The lowest BCUT2D eigenvalue weighted by Gasteiger charge is -2.41. The van der Waals surface area contributed by atoms with Crippen LogP contribution >= 0.6 is 11.6 Å². The Kier molecular flexibility index (Phi) is 5.95. The Hall–Kier alpha value is -2.04. The van der Waals surface area contributed by atoms with Crippen molar-refractivity contribution in [3.63, 3.8) is 0 Å². The highest BCUT2D eigenvalue weighted by Crippen LogP contribution is 2.25. The summed E-state index contributed by atoms with van der Waals surface area (Å²) in [6.45, 7) is 1.19. The molecule has 25 heavy (non-hydrogen) atoms. The van der Waals surface area contributed by atoms with Gasteiger partial charge in [-0.1, -0.05) is 48.0 Å².